The third kappa shape index (κ3) is 3.01. The fourth-order valence-corrected chi connectivity index (χ4v) is 3.97. The smallest absolute Gasteiger partial charge is 0.162 e. The number of rotatable bonds is 3. The molecule has 4 nitrogen and oxygen atoms in total. The summed E-state index contributed by atoms with van der Waals surface area (Å²) in [5, 5.41) is 10.2. The monoisotopic (exact) mass is 290 g/mol. The molecule has 116 valence electrons. The molecule has 2 unspecified atom stereocenters. The van der Waals surface area contributed by atoms with Crippen molar-refractivity contribution in [2.45, 2.75) is 31.8 Å². The number of phenols is 1. The Hall–Kier alpha value is -1.26. The van der Waals surface area contributed by atoms with Gasteiger partial charge in [0.25, 0.3) is 0 Å². The molecule has 0 spiro atoms. The van der Waals surface area contributed by atoms with Gasteiger partial charge < -0.3 is 14.7 Å². The summed E-state index contributed by atoms with van der Waals surface area (Å²) in [5.74, 6) is 1.65. The number of likely N-dealkylation sites (tertiary alicyclic amines) is 2. The largest absolute Gasteiger partial charge is 0.504 e. The molecule has 0 bridgehead atoms. The van der Waals surface area contributed by atoms with Crippen LogP contribution < -0.4 is 4.74 Å². The summed E-state index contributed by atoms with van der Waals surface area (Å²) >= 11 is 0. The van der Waals surface area contributed by atoms with Crippen molar-refractivity contribution >= 4 is 0 Å². The first kappa shape index (κ1) is 14.7. The Morgan fingerprint density at radius 2 is 2.14 bits per heavy atom. The highest BCUT2D eigenvalue weighted by molar-refractivity contribution is 5.45. The maximum atomic E-state index is 10.2. The average Bonchev–Trinajstić information content (AvgIpc) is 2.49. The second kappa shape index (κ2) is 6.24. The van der Waals surface area contributed by atoms with E-state index in [2.05, 4.69) is 16.8 Å². The van der Waals surface area contributed by atoms with E-state index in [1.54, 1.807) is 13.2 Å². The summed E-state index contributed by atoms with van der Waals surface area (Å²) in [4.78, 5) is 5.02. The average molecular weight is 290 g/mol. The number of fused-ring (bicyclic) bond motifs is 1. The molecule has 2 atom stereocenters. The van der Waals surface area contributed by atoms with E-state index in [0.717, 1.165) is 37.2 Å². The van der Waals surface area contributed by atoms with Crippen LogP contribution in [0.15, 0.2) is 18.2 Å². The van der Waals surface area contributed by atoms with Gasteiger partial charge in [-0.3, -0.25) is 4.90 Å². The number of ether oxygens (including phenoxy) is 1. The zero-order valence-electron chi connectivity index (χ0n) is 13.1. The molecule has 2 heterocycles. The molecule has 2 fully saturated rings. The molecular formula is C17H26N2O2. The maximum Gasteiger partial charge on any atom is 0.162 e. The van der Waals surface area contributed by atoms with Gasteiger partial charge in [-0.05, 0) is 51.4 Å². The van der Waals surface area contributed by atoms with E-state index in [0.29, 0.717) is 11.5 Å². The Kier molecular flexibility index (Phi) is 4.36. The topological polar surface area (TPSA) is 35.9 Å². The van der Waals surface area contributed by atoms with Gasteiger partial charge in [-0.15, -0.1) is 0 Å². The second-order valence-corrected chi connectivity index (χ2v) is 6.44. The quantitative estimate of drug-likeness (QED) is 0.927. The fourth-order valence-electron chi connectivity index (χ4n) is 3.97. The molecule has 2 aliphatic rings. The molecular weight excluding hydrogens is 264 g/mol. The summed E-state index contributed by atoms with van der Waals surface area (Å²) in [6.45, 7) is 4.32. The van der Waals surface area contributed by atoms with E-state index < -0.39 is 0 Å². The van der Waals surface area contributed by atoms with Crippen molar-refractivity contribution in [1.82, 2.24) is 9.80 Å². The Balaban J connectivity index is 1.67. The van der Waals surface area contributed by atoms with Crippen LogP contribution in [0.3, 0.4) is 0 Å². The summed E-state index contributed by atoms with van der Waals surface area (Å²) in [5.41, 5.74) is 0.969. The van der Waals surface area contributed by atoms with Crippen LogP contribution in [0.25, 0.3) is 0 Å². The number of phenolic OH excluding ortho intramolecular Hbond substituents is 1. The van der Waals surface area contributed by atoms with Gasteiger partial charge in [-0.2, -0.15) is 0 Å². The van der Waals surface area contributed by atoms with Crippen molar-refractivity contribution in [3.63, 3.8) is 0 Å². The number of methoxy groups -OCH3 is 1. The molecule has 0 aliphatic carbocycles. The van der Waals surface area contributed by atoms with Crippen molar-refractivity contribution in [2.75, 3.05) is 33.8 Å². The standard InChI is InChI=1S/C17H26N2O2/c1-18-9-4-6-13-11-19(10-8-15(13)18)12-14-5-3-7-16(21-2)17(14)20/h3,5,7,13,15,20H,4,6,8-12H2,1-2H3. The molecule has 3 rings (SSSR count). The molecule has 1 aromatic carbocycles. The number of benzene rings is 1. The minimum absolute atomic E-state index is 0.294. The van der Waals surface area contributed by atoms with Gasteiger partial charge in [0.15, 0.2) is 11.5 Å². The van der Waals surface area contributed by atoms with Crippen LogP contribution in [0.5, 0.6) is 11.5 Å². The molecule has 2 saturated heterocycles. The van der Waals surface area contributed by atoms with Gasteiger partial charge in [0.05, 0.1) is 7.11 Å². The van der Waals surface area contributed by atoms with Crippen LogP contribution in [-0.4, -0.2) is 54.7 Å². The zero-order chi connectivity index (χ0) is 14.8. The Morgan fingerprint density at radius 3 is 2.95 bits per heavy atom. The Labute approximate surface area is 127 Å². The number of hydrogen-bond donors (Lipinski definition) is 1. The molecule has 4 heteroatoms. The van der Waals surface area contributed by atoms with Gasteiger partial charge >= 0.3 is 0 Å². The van der Waals surface area contributed by atoms with Crippen LogP contribution in [0.1, 0.15) is 24.8 Å². The van der Waals surface area contributed by atoms with Crippen LogP contribution >= 0.6 is 0 Å². The Bertz CT molecular complexity index is 492. The molecule has 0 amide bonds. The van der Waals surface area contributed by atoms with Crippen LogP contribution in [-0.2, 0) is 6.54 Å². The van der Waals surface area contributed by atoms with E-state index in [9.17, 15) is 5.11 Å². The summed E-state index contributed by atoms with van der Waals surface area (Å²) in [6.07, 6.45) is 3.90. The minimum atomic E-state index is 0.294. The fraction of sp³-hybridized carbons (Fsp3) is 0.647. The summed E-state index contributed by atoms with van der Waals surface area (Å²) in [6, 6.07) is 6.52. The van der Waals surface area contributed by atoms with Crippen molar-refractivity contribution in [2.24, 2.45) is 5.92 Å². The lowest BCUT2D eigenvalue weighted by atomic mass is 9.84. The molecule has 0 aromatic heterocycles. The molecule has 2 aliphatic heterocycles. The van der Waals surface area contributed by atoms with E-state index in [1.807, 2.05) is 12.1 Å². The first-order chi connectivity index (χ1) is 10.2. The van der Waals surface area contributed by atoms with Crippen molar-refractivity contribution in [1.29, 1.82) is 0 Å². The van der Waals surface area contributed by atoms with Gasteiger partial charge in [-0.1, -0.05) is 12.1 Å². The lowest BCUT2D eigenvalue weighted by molar-refractivity contribution is 0.0352. The SMILES string of the molecule is COc1cccc(CN2CCC3C(CCCN3C)C2)c1O. The molecule has 1 aromatic rings. The number of piperidine rings is 2. The maximum absolute atomic E-state index is 10.2. The summed E-state index contributed by atoms with van der Waals surface area (Å²) in [7, 11) is 3.86. The Morgan fingerprint density at radius 1 is 1.29 bits per heavy atom. The first-order valence-corrected chi connectivity index (χ1v) is 7.96. The normalized spacial score (nSPS) is 27.3. The van der Waals surface area contributed by atoms with E-state index in [1.165, 1.54) is 25.8 Å². The van der Waals surface area contributed by atoms with Gasteiger partial charge in [0.1, 0.15) is 0 Å². The predicted octanol–water partition coefficient (Wildman–Crippen LogP) is 2.32. The molecule has 21 heavy (non-hydrogen) atoms. The highest BCUT2D eigenvalue weighted by atomic mass is 16.5. The van der Waals surface area contributed by atoms with Gasteiger partial charge in [-0.25, -0.2) is 0 Å². The highest BCUT2D eigenvalue weighted by Gasteiger charge is 2.34. The highest BCUT2D eigenvalue weighted by Crippen LogP contribution is 2.33. The summed E-state index contributed by atoms with van der Waals surface area (Å²) < 4.78 is 5.20. The van der Waals surface area contributed by atoms with Crippen molar-refractivity contribution < 1.29 is 9.84 Å². The number of para-hydroxylation sites is 1. The van der Waals surface area contributed by atoms with Gasteiger partial charge in [0.2, 0.25) is 0 Å². The van der Waals surface area contributed by atoms with E-state index >= 15 is 0 Å². The van der Waals surface area contributed by atoms with E-state index in [-0.39, 0.29) is 0 Å². The third-order valence-electron chi connectivity index (χ3n) is 5.13. The van der Waals surface area contributed by atoms with Gasteiger partial charge in [0, 0.05) is 24.7 Å². The van der Waals surface area contributed by atoms with Crippen LogP contribution in [0.4, 0.5) is 0 Å². The number of nitrogens with zero attached hydrogens (tertiary/aromatic N) is 2. The zero-order valence-corrected chi connectivity index (χ0v) is 13.1. The van der Waals surface area contributed by atoms with Crippen molar-refractivity contribution in [3.8, 4) is 11.5 Å². The second-order valence-electron chi connectivity index (χ2n) is 6.44. The van der Waals surface area contributed by atoms with Crippen LogP contribution in [0.2, 0.25) is 0 Å². The third-order valence-corrected chi connectivity index (χ3v) is 5.13. The minimum Gasteiger partial charge on any atom is -0.504 e. The lowest BCUT2D eigenvalue weighted by Gasteiger charge is -2.46. The predicted molar refractivity (Wildman–Crippen MR) is 83.7 cm³/mol. The first-order valence-electron chi connectivity index (χ1n) is 7.96. The van der Waals surface area contributed by atoms with Crippen LogP contribution in [0, 0.1) is 5.92 Å². The lowest BCUT2D eigenvalue weighted by Crippen LogP contribution is -2.52. The molecule has 0 saturated carbocycles. The number of aromatic hydroxyl groups is 1. The van der Waals surface area contributed by atoms with E-state index in [4.69, 9.17) is 4.74 Å². The number of hydrogen-bond acceptors (Lipinski definition) is 4. The van der Waals surface area contributed by atoms with Crippen molar-refractivity contribution in [3.05, 3.63) is 23.8 Å². The molecule has 0 radical (unpaired) electrons. The molecule has 1 N–H and O–H groups in total.